The molecule has 4 rings (SSSR count). The molecule has 2 aromatic carbocycles. The number of hydrogen-bond donors (Lipinski definition) is 1. The summed E-state index contributed by atoms with van der Waals surface area (Å²) in [5.41, 5.74) is 5.29. The third-order valence-corrected chi connectivity index (χ3v) is 7.85. The molecule has 1 unspecified atom stereocenters. The summed E-state index contributed by atoms with van der Waals surface area (Å²) in [6, 6.07) is 17.0. The van der Waals surface area contributed by atoms with E-state index in [1.807, 2.05) is 47.7 Å². The molecule has 1 aliphatic rings. The van der Waals surface area contributed by atoms with Crippen molar-refractivity contribution < 1.29 is 30.0 Å². The van der Waals surface area contributed by atoms with E-state index in [-0.39, 0.29) is 37.1 Å². The maximum Gasteiger partial charge on any atom is 0.164 e. The summed E-state index contributed by atoms with van der Waals surface area (Å²) < 4.78 is 0. The number of carbonyl (C=O) groups is 1. The molecule has 1 atom stereocenters. The number of fused-ring (bicyclic) bond motifs is 1. The minimum atomic E-state index is -0.417. The second-order valence-corrected chi connectivity index (χ2v) is 13.5. The summed E-state index contributed by atoms with van der Waals surface area (Å²) in [7, 11) is 0. The van der Waals surface area contributed by atoms with Crippen LogP contribution in [0.25, 0.3) is 22.0 Å². The number of aryl methyl sites for hydroxylation is 2. The number of aliphatic hydroxyl groups is 1. The molecule has 0 aliphatic heterocycles. The first-order valence-corrected chi connectivity index (χ1v) is 14.5. The Labute approximate surface area is 256 Å². The van der Waals surface area contributed by atoms with Gasteiger partial charge in [-0.05, 0) is 52.8 Å². The molecule has 1 N–H and O–H groups in total. The van der Waals surface area contributed by atoms with Crippen LogP contribution >= 0.6 is 0 Å². The number of hydrogen-bond acceptors (Lipinski definition) is 3. The van der Waals surface area contributed by atoms with Crippen LogP contribution in [0.15, 0.2) is 54.4 Å². The first-order chi connectivity index (χ1) is 18.2. The molecule has 3 nitrogen and oxygen atoms in total. The maximum atomic E-state index is 11.5. The fourth-order valence-corrected chi connectivity index (χ4v) is 5.18. The summed E-state index contributed by atoms with van der Waals surface area (Å²) in [5.74, 6) is 1.59. The van der Waals surface area contributed by atoms with Crippen molar-refractivity contribution in [1.29, 1.82) is 0 Å². The SMILES string of the molecule is CC(C)(C)C(=O)C=C(O)C(C)(C)C.Cc1[c-]c(-c2nccc3cc(C(C)C4CCCCC4)ccc23)cc(C)c1.[Ir]. The van der Waals surface area contributed by atoms with Gasteiger partial charge in [-0.2, -0.15) is 0 Å². The number of carbonyl (C=O) groups excluding carboxylic acids is 1. The second-order valence-electron chi connectivity index (χ2n) is 13.5. The first kappa shape index (κ1) is 33.9. The van der Waals surface area contributed by atoms with Crippen molar-refractivity contribution in [2.75, 3.05) is 0 Å². The predicted octanol–water partition coefficient (Wildman–Crippen LogP) is 10.1. The molecule has 1 fully saturated rings. The Hall–Kier alpha value is -2.29. The zero-order valence-corrected chi connectivity index (χ0v) is 28.3. The van der Waals surface area contributed by atoms with Gasteiger partial charge in [0.2, 0.25) is 0 Å². The van der Waals surface area contributed by atoms with Gasteiger partial charge >= 0.3 is 0 Å². The van der Waals surface area contributed by atoms with Crippen LogP contribution in [0.1, 0.15) is 103 Å². The van der Waals surface area contributed by atoms with Crippen molar-refractivity contribution in [1.82, 2.24) is 4.98 Å². The van der Waals surface area contributed by atoms with Crippen LogP contribution in [0.5, 0.6) is 0 Å². The Bertz CT molecular complexity index is 1300. The average molecular weight is 719 g/mol. The van der Waals surface area contributed by atoms with Crippen LogP contribution in [-0.2, 0) is 24.9 Å². The monoisotopic (exact) mass is 719 g/mol. The molecule has 1 radical (unpaired) electrons. The Morgan fingerprint density at radius 2 is 1.62 bits per heavy atom. The number of aromatic nitrogens is 1. The number of ketones is 1. The Morgan fingerprint density at radius 3 is 2.20 bits per heavy atom. The van der Waals surface area contributed by atoms with Gasteiger partial charge in [0.1, 0.15) is 5.76 Å². The molecular formula is C36H48IrNO2-. The third-order valence-electron chi connectivity index (χ3n) is 7.85. The molecule has 1 aliphatic carbocycles. The topological polar surface area (TPSA) is 50.2 Å². The number of aliphatic hydroxyl groups excluding tert-OH is 1. The van der Waals surface area contributed by atoms with E-state index in [4.69, 9.17) is 4.98 Å². The molecule has 0 saturated heterocycles. The molecule has 1 heterocycles. The summed E-state index contributed by atoms with van der Waals surface area (Å²) in [4.78, 5) is 16.2. The molecular weight excluding hydrogens is 671 g/mol. The Morgan fingerprint density at radius 1 is 0.975 bits per heavy atom. The first-order valence-electron chi connectivity index (χ1n) is 14.5. The summed E-state index contributed by atoms with van der Waals surface area (Å²) in [6.07, 6.45) is 10.3. The minimum Gasteiger partial charge on any atom is -0.512 e. The largest absolute Gasteiger partial charge is 0.512 e. The Balaban J connectivity index is 0.000000344. The molecule has 219 valence electrons. The number of rotatable bonds is 4. The van der Waals surface area contributed by atoms with Gasteiger partial charge in [-0.25, -0.2) is 0 Å². The smallest absolute Gasteiger partial charge is 0.164 e. The van der Waals surface area contributed by atoms with Gasteiger partial charge in [0.15, 0.2) is 5.78 Å². The van der Waals surface area contributed by atoms with Gasteiger partial charge < -0.3 is 10.1 Å². The van der Waals surface area contributed by atoms with E-state index in [0.717, 1.165) is 17.2 Å². The van der Waals surface area contributed by atoms with E-state index in [0.29, 0.717) is 5.92 Å². The molecule has 40 heavy (non-hydrogen) atoms. The maximum absolute atomic E-state index is 11.5. The number of benzene rings is 2. The molecule has 1 aromatic heterocycles. The van der Waals surface area contributed by atoms with Gasteiger partial charge in [-0.3, -0.25) is 4.79 Å². The zero-order valence-electron chi connectivity index (χ0n) is 25.9. The third kappa shape index (κ3) is 9.11. The molecule has 0 spiro atoms. The molecule has 4 heteroatoms. The van der Waals surface area contributed by atoms with Gasteiger partial charge in [0, 0.05) is 43.2 Å². The van der Waals surface area contributed by atoms with E-state index in [9.17, 15) is 9.90 Å². The number of allylic oxidation sites excluding steroid dienone is 2. The second kappa shape index (κ2) is 14.1. The molecule has 3 aromatic rings. The van der Waals surface area contributed by atoms with E-state index >= 15 is 0 Å². The molecule has 0 amide bonds. The predicted molar refractivity (Wildman–Crippen MR) is 165 cm³/mol. The standard InChI is InChI=1S/C25H28N.C11H20O2.Ir/c1-17-13-18(2)15-23(14-17)25-24-10-9-21(16-22(24)11-12-26-25)19(3)20-7-5-4-6-8-20;1-10(2,3)8(12)7-9(13)11(4,5)6;/h9-14,16,19-20H,4-8H2,1-3H3;7,12H,1-6H3;/q-1;;. The number of nitrogens with zero attached hydrogens (tertiary/aromatic N) is 1. The van der Waals surface area contributed by atoms with Crippen molar-refractivity contribution in [3.63, 3.8) is 0 Å². The van der Waals surface area contributed by atoms with Crippen LogP contribution in [0, 0.1) is 36.7 Å². The van der Waals surface area contributed by atoms with Crippen molar-refractivity contribution in [3.8, 4) is 11.3 Å². The van der Waals surface area contributed by atoms with Gasteiger partial charge in [0.25, 0.3) is 0 Å². The van der Waals surface area contributed by atoms with E-state index in [2.05, 4.69) is 63.2 Å². The van der Waals surface area contributed by atoms with Crippen LogP contribution in [0.2, 0.25) is 0 Å². The van der Waals surface area contributed by atoms with Crippen LogP contribution in [0.3, 0.4) is 0 Å². The quantitative estimate of drug-likeness (QED) is 0.166. The normalized spacial score (nSPS) is 15.6. The summed E-state index contributed by atoms with van der Waals surface area (Å²) >= 11 is 0. The average Bonchev–Trinajstić information content (AvgIpc) is 2.86. The van der Waals surface area contributed by atoms with Crippen molar-refractivity contribution in [2.45, 2.75) is 100 Å². The van der Waals surface area contributed by atoms with E-state index < -0.39 is 5.41 Å². The molecule has 0 bridgehead atoms. The van der Waals surface area contributed by atoms with Crippen LogP contribution in [0.4, 0.5) is 0 Å². The summed E-state index contributed by atoms with van der Waals surface area (Å²) in [5, 5.41) is 12.1. The Kier molecular flexibility index (Phi) is 11.9. The minimum absolute atomic E-state index is 0. The van der Waals surface area contributed by atoms with E-state index in [1.165, 1.54) is 65.6 Å². The van der Waals surface area contributed by atoms with Crippen LogP contribution < -0.4 is 0 Å². The van der Waals surface area contributed by atoms with Crippen molar-refractivity contribution in [2.24, 2.45) is 16.7 Å². The fourth-order valence-electron chi connectivity index (χ4n) is 5.18. The zero-order chi connectivity index (χ0) is 29.0. The van der Waals surface area contributed by atoms with Crippen molar-refractivity contribution in [3.05, 3.63) is 77.2 Å². The fraction of sp³-hybridized carbons (Fsp3) is 0.500. The van der Waals surface area contributed by atoms with Gasteiger partial charge in [0.05, 0.1) is 0 Å². The van der Waals surface area contributed by atoms with Crippen LogP contribution in [-0.4, -0.2) is 15.9 Å². The summed E-state index contributed by atoms with van der Waals surface area (Å²) in [6.45, 7) is 17.8. The van der Waals surface area contributed by atoms with E-state index in [1.54, 1.807) is 0 Å². The molecule has 1 saturated carbocycles. The number of pyridine rings is 1. The van der Waals surface area contributed by atoms with Gasteiger partial charge in [-0.1, -0.05) is 99.8 Å². The van der Waals surface area contributed by atoms with Crippen molar-refractivity contribution >= 4 is 16.6 Å². The van der Waals surface area contributed by atoms with Gasteiger partial charge in [-0.15, -0.1) is 34.9 Å².